The SMILES string of the molecule is CCCCCC(C)CC(=O)NC(CCCCC)CC(=O)NC(CCCCC)CC(=O)NC(CCCCC)CC(=O)NC(CC(C)=O)CC(C)O. The maximum Gasteiger partial charge on any atom is 0.222 e. The Morgan fingerprint density at radius 1 is 0.460 bits per heavy atom. The van der Waals surface area contributed by atoms with Crippen molar-refractivity contribution in [3.63, 3.8) is 0 Å². The molecule has 50 heavy (non-hydrogen) atoms. The Balaban J connectivity index is 5.52. The summed E-state index contributed by atoms with van der Waals surface area (Å²) in [7, 11) is 0. The lowest BCUT2D eigenvalue weighted by molar-refractivity contribution is -0.125. The largest absolute Gasteiger partial charge is 0.393 e. The smallest absolute Gasteiger partial charge is 0.222 e. The summed E-state index contributed by atoms with van der Waals surface area (Å²) in [6.45, 7) is 13.7. The molecule has 0 aliphatic heterocycles. The number of unbranched alkanes of at least 4 members (excludes halogenated alkanes) is 8. The van der Waals surface area contributed by atoms with E-state index in [0.29, 0.717) is 25.2 Å². The summed E-state index contributed by atoms with van der Waals surface area (Å²) in [5.41, 5.74) is 0. The van der Waals surface area contributed by atoms with Crippen LogP contribution in [0.3, 0.4) is 0 Å². The van der Waals surface area contributed by atoms with Crippen molar-refractivity contribution in [3.8, 4) is 0 Å². The standard InChI is InChI=1S/C40H76N4O6/c1-8-12-16-20-30(5)24-37(47)41-33(21-17-13-9-2)27-38(48)42-34(22-18-14-10-3)28-39(49)43-35(23-19-15-11-4)29-40(50)44-36(25-31(6)45)26-32(7)46/h30-31,33-36,45H,8-29H2,1-7H3,(H,41,47)(H,42,48)(H,43,49)(H,44,50). The van der Waals surface area contributed by atoms with Crippen molar-refractivity contribution in [2.75, 3.05) is 0 Å². The zero-order chi connectivity index (χ0) is 37.7. The Morgan fingerprint density at radius 3 is 1.10 bits per heavy atom. The molecule has 10 nitrogen and oxygen atoms in total. The molecular weight excluding hydrogens is 632 g/mol. The Bertz CT molecular complexity index is 943. The molecule has 292 valence electrons. The molecule has 0 fully saturated rings. The predicted molar refractivity (Wildman–Crippen MR) is 204 cm³/mol. The molecule has 0 aromatic rings. The minimum absolute atomic E-state index is 0.00110. The first-order valence-corrected chi connectivity index (χ1v) is 20.2. The highest BCUT2D eigenvalue weighted by Crippen LogP contribution is 2.16. The molecular formula is C40H76N4O6. The van der Waals surface area contributed by atoms with Crippen molar-refractivity contribution < 1.29 is 29.1 Å². The van der Waals surface area contributed by atoms with E-state index in [-0.39, 0.29) is 79.6 Å². The van der Waals surface area contributed by atoms with Gasteiger partial charge in [-0.15, -0.1) is 0 Å². The fourth-order valence-electron chi connectivity index (χ4n) is 6.53. The molecule has 0 aliphatic rings. The van der Waals surface area contributed by atoms with Gasteiger partial charge in [0.25, 0.3) is 0 Å². The quantitative estimate of drug-likeness (QED) is 0.0466. The van der Waals surface area contributed by atoms with Gasteiger partial charge in [0.2, 0.25) is 23.6 Å². The van der Waals surface area contributed by atoms with Gasteiger partial charge < -0.3 is 26.4 Å². The maximum atomic E-state index is 13.4. The van der Waals surface area contributed by atoms with E-state index in [1.807, 2.05) is 0 Å². The van der Waals surface area contributed by atoms with Gasteiger partial charge in [-0.2, -0.15) is 0 Å². The molecule has 4 amide bonds. The van der Waals surface area contributed by atoms with Crippen LogP contribution in [-0.2, 0) is 24.0 Å². The molecule has 0 radical (unpaired) electrons. The van der Waals surface area contributed by atoms with E-state index in [1.54, 1.807) is 6.92 Å². The number of rotatable bonds is 32. The molecule has 0 aliphatic carbocycles. The molecule has 6 atom stereocenters. The van der Waals surface area contributed by atoms with E-state index in [4.69, 9.17) is 0 Å². The van der Waals surface area contributed by atoms with Crippen molar-refractivity contribution >= 4 is 29.4 Å². The van der Waals surface area contributed by atoms with Gasteiger partial charge in [0.15, 0.2) is 0 Å². The first-order chi connectivity index (χ1) is 23.8. The van der Waals surface area contributed by atoms with Crippen LogP contribution in [0.15, 0.2) is 0 Å². The topological polar surface area (TPSA) is 154 Å². The van der Waals surface area contributed by atoms with E-state index in [0.717, 1.165) is 83.5 Å². The van der Waals surface area contributed by atoms with Crippen LogP contribution >= 0.6 is 0 Å². The third-order valence-electron chi connectivity index (χ3n) is 9.22. The van der Waals surface area contributed by atoms with E-state index in [9.17, 15) is 29.1 Å². The lowest BCUT2D eigenvalue weighted by Crippen LogP contribution is -2.46. The summed E-state index contributed by atoms with van der Waals surface area (Å²) < 4.78 is 0. The van der Waals surface area contributed by atoms with Crippen molar-refractivity contribution in [1.29, 1.82) is 0 Å². The maximum absolute atomic E-state index is 13.4. The predicted octanol–water partition coefficient (Wildman–Crippen LogP) is 7.19. The number of nitrogens with one attached hydrogen (secondary N) is 4. The third kappa shape index (κ3) is 27.3. The van der Waals surface area contributed by atoms with E-state index in [2.05, 4.69) is 55.9 Å². The number of Topliss-reactive ketones (excluding diaryl/α,β-unsaturated/α-hetero) is 1. The van der Waals surface area contributed by atoms with E-state index >= 15 is 0 Å². The van der Waals surface area contributed by atoms with Gasteiger partial charge in [0, 0.05) is 56.3 Å². The minimum Gasteiger partial charge on any atom is -0.393 e. The Morgan fingerprint density at radius 2 is 0.780 bits per heavy atom. The summed E-state index contributed by atoms with van der Waals surface area (Å²) >= 11 is 0. The summed E-state index contributed by atoms with van der Waals surface area (Å²) in [6, 6.07) is -1.44. The van der Waals surface area contributed by atoms with Gasteiger partial charge in [0.1, 0.15) is 5.78 Å². The van der Waals surface area contributed by atoms with Crippen LogP contribution in [0.5, 0.6) is 0 Å². The molecule has 0 rings (SSSR count). The monoisotopic (exact) mass is 709 g/mol. The second kappa shape index (κ2) is 30.2. The van der Waals surface area contributed by atoms with Gasteiger partial charge >= 0.3 is 0 Å². The van der Waals surface area contributed by atoms with Crippen molar-refractivity contribution in [2.24, 2.45) is 5.92 Å². The number of aliphatic hydroxyl groups is 1. The van der Waals surface area contributed by atoms with Crippen LogP contribution < -0.4 is 21.3 Å². The summed E-state index contributed by atoms with van der Waals surface area (Å²) in [4.78, 5) is 64.5. The summed E-state index contributed by atoms with van der Waals surface area (Å²) in [5, 5.41) is 22.1. The highest BCUT2D eigenvalue weighted by Gasteiger charge is 2.24. The Kier molecular flexibility index (Phi) is 28.7. The zero-order valence-corrected chi connectivity index (χ0v) is 33.0. The van der Waals surface area contributed by atoms with Crippen LogP contribution in [0.2, 0.25) is 0 Å². The van der Waals surface area contributed by atoms with Crippen LogP contribution in [0.1, 0.15) is 190 Å². The first-order valence-electron chi connectivity index (χ1n) is 20.2. The van der Waals surface area contributed by atoms with Crippen LogP contribution in [0, 0.1) is 5.92 Å². The average Bonchev–Trinajstić information content (AvgIpc) is 3.00. The molecule has 10 heteroatoms. The second-order valence-electron chi connectivity index (χ2n) is 15.0. The van der Waals surface area contributed by atoms with Gasteiger partial charge in [0.05, 0.1) is 6.10 Å². The molecule has 0 bridgehead atoms. The van der Waals surface area contributed by atoms with Crippen LogP contribution in [-0.4, -0.2) is 64.8 Å². The van der Waals surface area contributed by atoms with Gasteiger partial charge in [-0.05, 0) is 45.4 Å². The number of carbonyl (C=O) groups excluding carboxylic acids is 5. The number of hydrogen-bond donors (Lipinski definition) is 5. The number of hydrogen-bond acceptors (Lipinski definition) is 6. The van der Waals surface area contributed by atoms with E-state index < -0.39 is 12.1 Å². The Hall–Kier alpha value is -2.49. The minimum atomic E-state index is -0.661. The third-order valence-corrected chi connectivity index (χ3v) is 9.22. The van der Waals surface area contributed by atoms with Crippen LogP contribution in [0.4, 0.5) is 0 Å². The fraction of sp³-hybridized carbons (Fsp3) is 0.875. The highest BCUT2D eigenvalue weighted by atomic mass is 16.3. The van der Waals surface area contributed by atoms with Crippen molar-refractivity contribution in [2.45, 2.75) is 220 Å². The molecule has 0 saturated carbocycles. The number of ketones is 1. The molecule has 0 aromatic heterocycles. The lowest BCUT2D eigenvalue weighted by atomic mass is 9.98. The molecule has 0 aromatic carbocycles. The zero-order valence-electron chi connectivity index (χ0n) is 33.0. The highest BCUT2D eigenvalue weighted by molar-refractivity contribution is 5.83. The van der Waals surface area contributed by atoms with Crippen LogP contribution in [0.25, 0.3) is 0 Å². The van der Waals surface area contributed by atoms with Gasteiger partial charge in [-0.25, -0.2) is 0 Å². The number of aliphatic hydroxyl groups excluding tert-OH is 1. The van der Waals surface area contributed by atoms with Gasteiger partial charge in [-0.3, -0.25) is 24.0 Å². The number of amides is 4. The molecule has 0 saturated heterocycles. The Labute approximate surface area is 305 Å². The summed E-state index contributed by atoms with van der Waals surface area (Å²) in [5.74, 6) is -0.407. The fourth-order valence-corrected chi connectivity index (χ4v) is 6.53. The summed E-state index contributed by atoms with van der Waals surface area (Å²) in [6.07, 6.45) is 15.9. The molecule has 0 spiro atoms. The van der Waals surface area contributed by atoms with Crippen molar-refractivity contribution in [3.05, 3.63) is 0 Å². The second-order valence-corrected chi connectivity index (χ2v) is 15.0. The lowest BCUT2D eigenvalue weighted by Gasteiger charge is -2.25. The molecule has 0 heterocycles. The van der Waals surface area contributed by atoms with Crippen molar-refractivity contribution in [1.82, 2.24) is 21.3 Å². The number of carbonyl (C=O) groups is 5. The first kappa shape index (κ1) is 47.5. The van der Waals surface area contributed by atoms with Gasteiger partial charge in [-0.1, -0.05) is 118 Å². The molecule has 6 unspecified atom stereocenters. The molecule has 5 N–H and O–H groups in total. The van der Waals surface area contributed by atoms with E-state index in [1.165, 1.54) is 13.3 Å². The normalized spacial score (nSPS) is 14.9. The average molecular weight is 709 g/mol.